The van der Waals surface area contributed by atoms with E-state index in [2.05, 4.69) is 9.61 Å². The summed E-state index contributed by atoms with van der Waals surface area (Å²) in [5, 5.41) is 0. The average Bonchev–Trinajstić information content (AvgIpc) is 1.91. The quantitative estimate of drug-likeness (QED) is 0.498. The third-order valence-electron chi connectivity index (χ3n) is 0.832. The van der Waals surface area contributed by atoms with E-state index in [-0.39, 0.29) is 0 Å². The molecule has 1 aromatic heterocycles. The van der Waals surface area contributed by atoms with Gasteiger partial charge in [-0.25, -0.2) is 4.68 Å². The molecule has 0 aromatic carbocycles. The van der Waals surface area contributed by atoms with Crippen molar-refractivity contribution >= 4 is 8.51 Å². The molecular formula is C3H6N3P. The molecular weight excluding hydrogens is 109 g/mol. The minimum absolute atomic E-state index is 0.819. The lowest BCUT2D eigenvalue weighted by atomic mass is 10.7. The van der Waals surface area contributed by atoms with E-state index in [1.54, 1.807) is 4.68 Å². The number of rotatable bonds is 0. The molecule has 4 heteroatoms. The van der Waals surface area contributed by atoms with Crippen LogP contribution in [0.25, 0.3) is 0 Å². The Bertz CT molecular complexity index is 142. The Morgan fingerprint density at radius 1 is 1.71 bits per heavy atom. The van der Waals surface area contributed by atoms with E-state index in [9.17, 15) is 0 Å². The maximum absolute atomic E-state index is 3.97. The zero-order chi connectivity index (χ0) is 5.28. The number of aromatic nitrogens is 3. The molecule has 38 valence electrons. The van der Waals surface area contributed by atoms with Gasteiger partial charge in [0.25, 0.3) is 0 Å². The molecule has 3 nitrogen and oxygen atoms in total. The van der Waals surface area contributed by atoms with Crippen LogP contribution in [0.1, 0.15) is 5.82 Å². The largest absolute Gasteiger partial charge is 0.249 e. The van der Waals surface area contributed by atoms with E-state index in [0.717, 1.165) is 14.3 Å². The maximum atomic E-state index is 3.97. The predicted octanol–water partition coefficient (Wildman–Crippen LogP) is 0.704. The summed E-state index contributed by atoms with van der Waals surface area (Å²) >= 11 is 0. The molecule has 0 unspecified atom stereocenters. The summed E-state index contributed by atoms with van der Waals surface area (Å²) in [5.41, 5.74) is 0. The van der Waals surface area contributed by atoms with E-state index < -0.39 is 0 Å². The fraction of sp³-hybridized carbons (Fsp3) is 0.667. The Labute approximate surface area is 43.6 Å². The molecule has 1 aromatic rings. The standard InChI is InChI=1S/C3H6N3P/c1-3-4-7-5-6(3)2/h1-2H3. The maximum Gasteiger partial charge on any atom is 0.177 e. The molecule has 0 atom stereocenters. The summed E-state index contributed by atoms with van der Waals surface area (Å²) in [6.07, 6.45) is 0. The van der Waals surface area contributed by atoms with E-state index in [1.165, 1.54) is 0 Å². The molecule has 0 aliphatic heterocycles. The van der Waals surface area contributed by atoms with Crippen LogP contribution >= 0.6 is 8.51 Å². The van der Waals surface area contributed by atoms with Crippen LogP contribution < -0.4 is 0 Å². The van der Waals surface area contributed by atoms with Crippen molar-refractivity contribution in [2.24, 2.45) is 7.05 Å². The molecule has 0 saturated carbocycles. The van der Waals surface area contributed by atoms with Crippen LogP contribution in [0.4, 0.5) is 0 Å². The summed E-state index contributed by atoms with van der Waals surface area (Å²) < 4.78 is 5.73. The lowest BCUT2D eigenvalue weighted by molar-refractivity contribution is 0.747. The normalized spacial score (nSPS) is 10.6. The van der Waals surface area contributed by atoms with Crippen LogP contribution in [0.3, 0.4) is 0 Å². The van der Waals surface area contributed by atoms with E-state index in [1.807, 2.05) is 14.0 Å². The lowest BCUT2D eigenvalue weighted by Crippen LogP contribution is -1.91. The van der Waals surface area contributed by atoms with Crippen LogP contribution in [0.2, 0.25) is 0 Å². The topological polar surface area (TPSA) is 30.7 Å². The van der Waals surface area contributed by atoms with Gasteiger partial charge in [-0.15, -0.1) is 4.86 Å². The highest BCUT2D eigenvalue weighted by Gasteiger charge is 1.86. The van der Waals surface area contributed by atoms with Gasteiger partial charge in [0.15, 0.2) is 8.51 Å². The predicted molar refractivity (Wildman–Crippen MR) is 28.3 cm³/mol. The fourth-order valence-corrected chi connectivity index (χ4v) is 0.822. The molecule has 0 fully saturated rings. The van der Waals surface area contributed by atoms with Crippen molar-refractivity contribution in [2.75, 3.05) is 0 Å². The van der Waals surface area contributed by atoms with Gasteiger partial charge < -0.3 is 0 Å². The summed E-state index contributed by atoms with van der Waals surface area (Å²) in [7, 11) is 2.71. The first-order chi connectivity index (χ1) is 3.30. The van der Waals surface area contributed by atoms with Crippen molar-refractivity contribution in [3.05, 3.63) is 5.82 Å². The molecule has 7 heavy (non-hydrogen) atoms. The van der Waals surface area contributed by atoms with Crippen molar-refractivity contribution in [2.45, 2.75) is 6.92 Å². The van der Waals surface area contributed by atoms with Gasteiger partial charge in [0.1, 0.15) is 5.82 Å². The first kappa shape index (κ1) is 4.72. The Balaban J connectivity index is 3.12. The Morgan fingerprint density at radius 2 is 2.43 bits per heavy atom. The summed E-state index contributed by atoms with van der Waals surface area (Å²) in [4.78, 5) is 3.92. The molecule has 1 heterocycles. The first-order valence-corrected chi connectivity index (χ1v) is 2.79. The molecule has 0 bridgehead atoms. The number of nitrogens with zero attached hydrogens (tertiary/aromatic N) is 3. The zero-order valence-corrected chi connectivity index (χ0v) is 5.18. The van der Waals surface area contributed by atoms with Crippen LogP contribution in [-0.2, 0) is 7.05 Å². The van der Waals surface area contributed by atoms with Crippen LogP contribution in [-0.4, -0.2) is 14.3 Å². The summed E-state index contributed by atoms with van der Waals surface area (Å²) in [6.45, 7) is 1.93. The van der Waals surface area contributed by atoms with Gasteiger partial charge in [-0.1, -0.05) is 0 Å². The second-order valence-electron chi connectivity index (χ2n) is 1.35. The van der Waals surface area contributed by atoms with Crippen LogP contribution in [0.15, 0.2) is 0 Å². The van der Waals surface area contributed by atoms with Gasteiger partial charge in [-0.05, 0) is 6.92 Å². The third kappa shape index (κ3) is 0.775. The second kappa shape index (κ2) is 1.58. The minimum atomic E-state index is 0.819. The van der Waals surface area contributed by atoms with E-state index in [4.69, 9.17) is 0 Å². The van der Waals surface area contributed by atoms with Gasteiger partial charge in [-0.2, -0.15) is 4.75 Å². The minimum Gasteiger partial charge on any atom is -0.249 e. The molecule has 0 N–H and O–H groups in total. The first-order valence-electron chi connectivity index (χ1n) is 1.99. The Morgan fingerprint density at radius 3 is 2.57 bits per heavy atom. The van der Waals surface area contributed by atoms with E-state index in [0.29, 0.717) is 0 Å². The van der Waals surface area contributed by atoms with Crippen molar-refractivity contribution in [3.63, 3.8) is 0 Å². The van der Waals surface area contributed by atoms with Crippen LogP contribution in [0, 0.1) is 6.92 Å². The highest BCUT2D eigenvalue weighted by Crippen LogP contribution is 1.93. The molecule has 1 rings (SSSR count). The van der Waals surface area contributed by atoms with E-state index >= 15 is 0 Å². The third-order valence-corrected chi connectivity index (χ3v) is 1.56. The van der Waals surface area contributed by atoms with Gasteiger partial charge in [0, 0.05) is 7.05 Å². The van der Waals surface area contributed by atoms with Crippen molar-refractivity contribution in [3.8, 4) is 0 Å². The molecule has 0 saturated heterocycles. The van der Waals surface area contributed by atoms with Crippen molar-refractivity contribution in [1.82, 2.24) is 14.3 Å². The molecule has 0 aliphatic carbocycles. The molecule has 0 radical (unpaired) electrons. The van der Waals surface area contributed by atoms with Crippen molar-refractivity contribution < 1.29 is 0 Å². The van der Waals surface area contributed by atoms with Gasteiger partial charge in [0.05, 0.1) is 0 Å². The SMILES string of the molecule is Cc1npnn1C. The summed E-state index contributed by atoms with van der Waals surface area (Å²) in [5.74, 6) is 0.988. The van der Waals surface area contributed by atoms with Gasteiger partial charge in [0.2, 0.25) is 0 Å². The molecule has 0 amide bonds. The fourth-order valence-electron chi connectivity index (χ4n) is 0.274. The zero-order valence-electron chi connectivity index (χ0n) is 4.29. The Kier molecular flexibility index (Phi) is 1.07. The number of hydrogen-bond acceptors (Lipinski definition) is 2. The van der Waals surface area contributed by atoms with Crippen molar-refractivity contribution in [1.29, 1.82) is 0 Å². The highest BCUT2D eigenvalue weighted by atomic mass is 31.1. The highest BCUT2D eigenvalue weighted by molar-refractivity contribution is 7.20. The van der Waals surface area contributed by atoms with Gasteiger partial charge in [-0.3, -0.25) is 0 Å². The summed E-state index contributed by atoms with van der Waals surface area (Å²) in [6, 6.07) is 0. The molecule has 0 spiro atoms. The number of aryl methyl sites for hydroxylation is 2. The second-order valence-corrected chi connectivity index (χ2v) is 1.91. The molecule has 0 aliphatic rings. The monoisotopic (exact) mass is 115 g/mol. The Hall–Kier alpha value is -0.430. The number of hydrogen-bond donors (Lipinski definition) is 0. The average molecular weight is 115 g/mol. The van der Waals surface area contributed by atoms with Gasteiger partial charge >= 0.3 is 0 Å². The van der Waals surface area contributed by atoms with Crippen LogP contribution in [0.5, 0.6) is 0 Å². The lowest BCUT2D eigenvalue weighted by Gasteiger charge is -1.84. The smallest absolute Gasteiger partial charge is 0.177 e.